The molecule has 0 aliphatic carbocycles. The Balaban J connectivity index is 2.70. The van der Waals surface area contributed by atoms with Crippen LogP contribution >= 0.6 is 0 Å². The molecule has 1 fully saturated rings. The maximum atomic E-state index is 11.3. The van der Waals surface area contributed by atoms with Gasteiger partial charge in [0, 0.05) is 19.2 Å². The van der Waals surface area contributed by atoms with Crippen LogP contribution in [0, 0.1) is 0 Å². The van der Waals surface area contributed by atoms with Crippen LogP contribution in [0.25, 0.3) is 0 Å². The van der Waals surface area contributed by atoms with Crippen LogP contribution in [0.5, 0.6) is 0 Å². The Morgan fingerprint density at radius 3 is 2.92 bits per heavy atom. The van der Waals surface area contributed by atoms with Gasteiger partial charge in [0.15, 0.2) is 0 Å². The molecule has 0 aromatic rings. The minimum absolute atomic E-state index is 0.149. The molecule has 0 aromatic heterocycles. The standard InChI is InChI=1S/C10H14N2O/c1-4-10(13)12-6-8(3)9(7-12)11-5-2/h5H,2-4,6-7H2,1H3. The van der Waals surface area contributed by atoms with Crippen LogP contribution in [0.1, 0.15) is 13.3 Å². The van der Waals surface area contributed by atoms with E-state index in [4.69, 9.17) is 0 Å². The van der Waals surface area contributed by atoms with Crippen molar-refractivity contribution in [3.05, 3.63) is 24.9 Å². The normalized spacial score (nSPS) is 19.6. The molecule has 0 saturated carbocycles. The summed E-state index contributed by atoms with van der Waals surface area (Å²) in [7, 11) is 0. The van der Waals surface area contributed by atoms with Gasteiger partial charge in [-0.1, -0.05) is 20.1 Å². The van der Waals surface area contributed by atoms with Crippen LogP contribution in [-0.2, 0) is 4.79 Å². The molecule has 1 rings (SSSR count). The topological polar surface area (TPSA) is 32.7 Å². The minimum Gasteiger partial charge on any atom is -0.332 e. The van der Waals surface area contributed by atoms with Gasteiger partial charge in [-0.2, -0.15) is 0 Å². The average molecular weight is 178 g/mol. The molecule has 3 heteroatoms. The van der Waals surface area contributed by atoms with Crippen LogP contribution < -0.4 is 0 Å². The summed E-state index contributed by atoms with van der Waals surface area (Å²) in [6.45, 7) is 10.4. The number of aliphatic imine (C=N–C) groups is 1. The zero-order valence-electron chi connectivity index (χ0n) is 7.92. The van der Waals surface area contributed by atoms with Gasteiger partial charge in [-0.15, -0.1) is 0 Å². The third-order valence-corrected chi connectivity index (χ3v) is 2.03. The van der Waals surface area contributed by atoms with E-state index in [1.165, 1.54) is 6.20 Å². The summed E-state index contributed by atoms with van der Waals surface area (Å²) in [6, 6.07) is 0. The third kappa shape index (κ3) is 2.05. The van der Waals surface area contributed by atoms with Crippen molar-refractivity contribution in [1.29, 1.82) is 0 Å². The molecular formula is C10H14N2O. The first-order chi connectivity index (χ1) is 6.19. The lowest BCUT2D eigenvalue weighted by atomic mass is 10.2. The highest BCUT2D eigenvalue weighted by Crippen LogP contribution is 2.12. The quantitative estimate of drug-likeness (QED) is 0.628. The maximum Gasteiger partial charge on any atom is 0.222 e. The molecule has 0 radical (unpaired) electrons. The number of hydrogen-bond donors (Lipinski definition) is 0. The number of rotatable bonds is 2. The highest BCUT2D eigenvalue weighted by atomic mass is 16.2. The van der Waals surface area contributed by atoms with E-state index in [0.717, 1.165) is 11.3 Å². The maximum absolute atomic E-state index is 11.3. The molecule has 1 saturated heterocycles. The Bertz CT molecular complexity index is 279. The monoisotopic (exact) mass is 178 g/mol. The molecule has 0 spiro atoms. The zero-order chi connectivity index (χ0) is 9.84. The van der Waals surface area contributed by atoms with E-state index in [9.17, 15) is 4.79 Å². The Morgan fingerprint density at radius 2 is 2.38 bits per heavy atom. The van der Waals surface area contributed by atoms with Gasteiger partial charge < -0.3 is 4.90 Å². The fourth-order valence-electron chi connectivity index (χ4n) is 1.31. The molecule has 0 aromatic carbocycles. The smallest absolute Gasteiger partial charge is 0.222 e. The second-order valence-electron chi connectivity index (χ2n) is 2.97. The van der Waals surface area contributed by atoms with Gasteiger partial charge in [-0.25, -0.2) is 0 Å². The van der Waals surface area contributed by atoms with Crippen molar-refractivity contribution in [3.63, 3.8) is 0 Å². The van der Waals surface area contributed by atoms with Gasteiger partial charge in [0.2, 0.25) is 5.91 Å². The van der Waals surface area contributed by atoms with Crippen molar-refractivity contribution in [3.8, 4) is 0 Å². The largest absolute Gasteiger partial charge is 0.332 e. The number of nitrogens with zero attached hydrogens (tertiary/aromatic N) is 2. The van der Waals surface area contributed by atoms with Gasteiger partial charge in [0.25, 0.3) is 0 Å². The molecule has 13 heavy (non-hydrogen) atoms. The Kier molecular flexibility index (Phi) is 3.01. The highest BCUT2D eigenvalue weighted by Gasteiger charge is 2.23. The van der Waals surface area contributed by atoms with Crippen molar-refractivity contribution >= 4 is 11.6 Å². The number of amides is 1. The number of likely N-dealkylation sites (tertiary alicyclic amines) is 1. The van der Waals surface area contributed by atoms with Crippen molar-refractivity contribution in [2.75, 3.05) is 13.1 Å². The fraction of sp³-hybridized carbons (Fsp3) is 0.400. The van der Waals surface area contributed by atoms with E-state index in [0.29, 0.717) is 19.5 Å². The molecule has 1 aliphatic rings. The van der Waals surface area contributed by atoms with E-state index in [1.807, 2.05) is 6.92 Å². The molecular weight excluding hydrogens is 164 g/mol. The van der Waals surface area contributed by atoms with Crippen molar-refractivity contribution in [2.24, 2.45) is 4.99 Å². The molecule has 0 atom stereocenters. The van der Waals surface area contributed by atoms with Crippen LogP contribution in [-0.4, -0.2) is 29.6 Å². The molecule has 70 valence electrons. The highest BCUT2D eigenvalue weighted by molar-refractivity contribution is 6.06. The predicted octanol–water partition coefficient (Wildman–Crippen LogP) is 1.38. The van der Waals surface area contributed by atoms with Gasteiger partial charge in [-0.3, -0.25) is 9.79 Å². The van der Waals surface area contributed by atoms with Gasteiger partial charge in [0.1, 0.15) is 0 Å². The first-order valence-corrected chi connectivity index (χ1v) is 4.32. The van der Waals surface area contributed by atoms with Gasteiger partial charge in [-0.05, 0) is 5.57 Å². The molecule has 1 heterocycles. The van der Waals surface area contributed by atoms with E-state index in [2.05, 4.69) is 18.2 Å². The molecule has 1 amide bonds. The summed E-state index contributed by atoms with van der Waals surface area (Å²) < 4.78 is 0. The molecule has 0 bridgehead atoms. The SMILES string of the molecule is C=CN=C1CN(C(=O)CC)CC1=C. The molecule has 0 unspecified atom stereocenters. The Labute approximate surface area is 78.5 Å². The minimum atomic E-state index is 0.149. The van der Waals surface area contributed by atoms with E-state index < -0.39 is 0 Å². The van der Waals surface area contributed by atoms with Crippen molar-refractivity contribution in [2.45, 2.75) is 13.3 Å². The molecule has 1 aliphatic heterocycles. The Morgan fingerprint density at radius 1 is 1.69 bits per heavy atom. The summed E-state index contributed by atoms with van der Waals surface area (Å²) in [5.74, 6) is 0.149. The number of carbonyl (C=O) groups excluding carboxylic acids is 1. The third-order valence-electron chi connectivity index (χ3n) is 2.03. The van der Waals surface area contributed by atoms with Crippen LogP contribution in [0.4, 0.5) is 0 Å². The van der Waals surface area contributed by atoms with Crippen LogP contribution in [0.3, 0.4) is 0 Å². The Hall–Kier alpha value is -1.38. The number of carbonyl (C=O) groups is 1. The molecule has 3 nitrogen and oxygen atoms in total. The van der Waals surface area contributed by atoms with E-state index >= 15 is 0 Å². The van der Waals surface area contributed by atoms with Crippen LogP contribution in [0.15, 0.2) is 29.9 Å². The summed E-state index contributed by atoms with van der Waals surface area (Å²) in [5, 5.41) is 0. The summed E-state index contributed by atoms with van der Waals surface area (Å²) in [5.41, 5.74) is 1.79. The van der Waals surface area contributed by atoms with Crippen LogP contribution in [0.2, 0.25) is 0 Å². The zero-order valence-corrected chi connectivity index (χ0v) is 7.92. The predicted molar refractivity (Wildman–Crippen MR) is 53.6 cm³/mol. The van der Waals surface area contributed by atoms with E-state index in [-0.39, 0.29) is 5.91 Å². The summed E-state index contributed by atoms with van der Waals surface area (Å²) in [6.07, 6.45) is 2.02. The van der Waals surface area contributed by atoms with E-state index in [1.54, 1.807) is 4.90 Å². The van der Waals surface area contributed by atoms with Gasteiger partial charge >= 0.3 is 0 Å². The van der Waals surface area contributed by atoms with Gasteiger partial charge in [0.05, 0.1) is 12.3 Å². The summed E-state index contributed by atoms with van der Waals surface area (Å²) >= 11 is 0. The molecule has 0 N–H and O–H groups in total. The lowest BCUT2D eigenvalue weighted by molar-refractivity contribution is -0.129. The van der Waals surface area contributed by atoms with Crippen molar-refractivity contribution < 1.29 is 4.79 Å². The average Bonchev–Trinajstić information content (AvgIpc) is 2.47. The second-order valence-corrected chi connectivity index (χ2v) is 2.97. The lowest BCUT2D eigenvalue weighted by Crippen LogP contribution is -2.27. The van der Waals surface area contributed by atoms with Crippen molar-refractivity contribution in [1.82, 2.24) is 4.90 Å². The second kappa shape index (κ2) is 4.03. The summed E-state index contributed by atoms with van der Waals surface area (Å²) in [4.78, 5) is 17.1. The first kappa shape index (κ1) is 9.71. The lowest BCUT2D eigenvalue weighted by Gasteiger charge is -2.12. The first-order valence-electron chi connectivity index (χ1n) is 4.32. The fourth-order valence-corrected chi connectivity index (χ4v) is 1.31. The number of hydrogen-bond acceptors (Lipinski definition) is 2.